The van der Waals surface area contributed by atoms with Gasteiger partial charge in [-0.1, -0.05) is 12.1 Å². The van der Waals surface area contributed by atoms with Crippen LogP contribution in [0.2, 0.25) is 0 Å². The number of rotatable bonds is 9. The number of nitrogens with one attached hydrogen (secondary N) is 1. The summed E-state index contributed by atoms with van der Waals surface area (Å²) in [6, 6.07) is 7.60. The fourth-order valence-electron chi connectivity index (χ4n) is 2.97. The van der Waals surface area contributed by atoms with E-state index in [4.69, 9.17) is 15.2 Å². The fraction of sp³-hybridized carbons (Fsp3) is 0.368. The van der Waals surface area contributed by atoms with Gasteiger partial charge in [0.2, 0.25) is 5.95 Å². The molecule has 0 fully saturated rings. The Morgan fingerprint density at radius 2 is 2.11 bits per heavy atom. The van der Waals surface area contributed by atoms with Gasteiger partial charge in [0.05, 0.1) is 32.4 Å². The fourth-order valence-corrected chi connectivity index (χ4v) is 2.97. The SMILES string of the molecule is CCOCCNc1nc(N)nc2ccn(Cc3ccc(CO)cc3OC)c12. The Hall–Kier alpha value is -2.84. The summed E-state index contributed by atoms with van der Waals surface area (Å²) < 4.78 is 12.9. The second-order valence-corrected chi connectivity index (χ2v) is 6.04. The first-order chi connectivity index (χ1) is 13.2. The van der Waals surface area contributed by atoms with Gasteiger partial charge in [0.15, 0.2) is 5.82 Å². The molecule has 2 heterocycles. The lowest BCUT2D eigenvalue weighted by atomic mass is 10.1. The van der Waals surface area contributed by atoms with Crippen molar-refractivity contribution in [2.75, 3.05) is 37.9 Å². The van der Waals surface area contributed by atoms with Gasteiger partial charge >= 0.3 is 0 Å². The van der Waals surface area contributed by atoms with Crippen LogP contribution in [0.4, 0.5) is 11.8 Å². The molecule has 0 spiro atoms. The highest BCUT2D eigenvalue weighted by Gasteiger charge is 2.13. The van der Waals surface area contributed by atoms with E-state index in [9.17, 15) is 5.11 Å². The molecule has 0 aliphatic heterocycles. The Bertz CT molecular complexity index is 910. The highest BCUT2D eigenvalue weighted by atomic mass is 16.5. The molecular weight excluding hydrogens is 346 g/mol. The number of methoxy groups -OCH3 is 1. The normalized spacial score (nSPS) is 11.1. The highest BCUT2D eigenvalue weighted by Crippen LogP contribution is 2.27. The maximum Gasteiger partial charge on any atom is 0.222 e. The van der Waals surface area contributed by atoms with E-state index in [2.05, 4.69) is 15.3 Å². The molecule has 2 aromatic heterocycles. The molecule has 144 valence electrons. The first-order valence-electron chi connectivity index (χ1n) is 8.86. The van der Waals surface area contributed by atoms with Crippen LogP contribution in [0.5, 0.6) is 5.75 Å². The second-order valence-electron chi connectivity index (χ2n) is 6.04. The average Bonchev–Trinajstić information content (AvgIpc) is 3.08. The summed E-state index contributed by atoms with van der Waals surface area (Å²) >= 11 is 0. The lowest BCUT2D eigenvalue weighted by molar-refractivity contribution is 0.158. The van der Waals surface area contributed by atoms with E-state index in [-0.39, 0.29) is 12.6 Å². The summed E-state index contributed by atoms with van der Waals surface area (Å²) in [6.45, 7) is 4.39. The number of aliphatic hydroxyl groups excluding tert-OH is 1. The Balaban J connectivity index is 1.93. The Morgan fingerprint density at radius 3 is 2.85 bits per heavy atom. The molecule has 0 atom stereocenters. The van der Waals surface area contributed by atoms with E-state index in [0.717, 1.165) is 27.9 Å². The monoisotopic (exact) mass is 371 g/mol. The molecule has 4 N–H and O–H groups in total. The van der Waals surface area contributed by atoms with E-state index >= 15 is 0 Å². The molecule has 3 rings (SSSR count). The molecule has 3 aromatic rings. The minimum absolute atomic E-state index is 0.0237. The van der Waals surface area contributed by atoms with E-state index in [1.807, 2.05) is 42.0 Å². The van der Waals surface area contributed by atoms with Crippen LogP contribution in [-0.4, -0.2) is 46.5 Å². The number of nitrogens with zero attached hydrogens (tertiary/aromatic N) is 3. The Labute approximate surface area is 157 Å². The van der Waals surface area contributed by atoms with Crippen molar-refractivity contribution in [2.45, 2.75) is 20.1 Å². The molecule has 0 bridgehead atoms. The number of nitrogens with two attached hydrogens (primary N) is 1. The van der Waals surface area contributed by atoms with E-state index in [0.29, 0.717) is 32.1 Å². The van der Waals surface area contributed by atoms with Crippen LogP contribution in [0.3, 0.4) is 0 Å². The van der Waals surface area contributed by atoms with Crippen LogP contribution in [0, 0.1) is 0 Å². The summed E-state index contributed by atoms with van der Waals surface area (Å²) in [6.07, 6.45) is 1.95. The molecule has 8 heteroatoms. The minimum atomic E-state index is -0.0237. The van der Waals surface area contributed by atoms with Gasteiger partial charge in [-0.05, 0) is 24.6 Å². The van der Waals surface area contributed by atoms with Crippen LogP contribution in [0.1, 0.15) is 18.1 Å². The highest BCUT2D eigenvalue weighted by molar-refractivity contribution is 5.87. The molecule has 27 heavy (non-hydrogen) atoms. The van der Waals surface area contributed by atoms with Gasteiger partial charge in [-0.3, -0.25) is 0 Å². The van der Waals surface area contributed by atoms with Crippen LogP contribution >= 0.6 is 0 Å². The minimum Gasteiger partial charge on any atom is -0.496 e. The molecule has 8 nitrogen and oxygen atoms in total. The van der Waals surface area contributed by atoms with Crippen LogP contribution in [0.15, 0.2) is 30.5 Å². The molecule has 0 amide bonds. The summed E-state index contributed by atoms with van der Waals surface area (Å²) in [4.78, 5) is 8.68. The smallest absolute Gasteiger partial charge is 0.222 e. The number of hydrogen-bond donors (Lipinski definition) is 3. The molecule has 0 aliphatic rings. The maximum absolute atomic E-state index is 9.32. The third-order valence-electron chi connectivity index (χ3n) is 4.25. The van der Waals surface area contributed by atoms with Gasteiger partial charge in [0.25, 0.3) is 0 Å². The maximum atomic E-state index is 9.32. The van der Waals surface area contributed by atoms with Gasteiger partial charge in [0, 0.05) is 24.9 Å². The number of hydrogen-bond acceptors (Lipinski definition) is 7. The quantitative estimate of drug-likeness (QED) is 0.494. The van der Waals surface area contributed by atoms with Crippen molar-refractivity contribution in [2.24, 2.45) is 0 Å². The average molecular weight is 371 g/mol. The number of aliphatic hydroxyl groups is 1. The van der Waals surface area contributed by atoms with Gasteiger partial charge in [-0.25, -0.2) is 4.98 Å². The topological polar surface area (TPSA) is 107 Å². The van der Waals surface area contributed by atoms with E-state index in [1.165, 1.54) is 0 Å². The number of aromatic nitrogens is 3. The zero-order valence-electron chi connectivity index (χ0n) is 15.6. The lowest BCUT2D eigenvalue weighted by Crippen LogP contribution is -2.13. The van der Waals surface area contributed by atoms with Crippen molar-refractivity contribution in [3.8, 4) is 5.75 Å². The lowest BCUT2D eigenvalue weighted by Gasteiger charge is -2.14. The van der Waals surface area contributed by atoms with Crippen molar-refractivity contribution < 1.29 is 14.6 Å². The van der Waals surface area contributed by atoms with Gasteiger partial charge in [-0.15, -0.1) is 0 Å². The predicted molar refractivity (Wildman–Crippen MR) is 105 cm³/mol. The largest absolute Gasteiger partial charge is 0.496 e. The van der Waals surface area contributed by atoms with Gasteiger partial charge in [0.1, 0.15) is 11.3 Å². The van der Waals surface area contributed by atoms with Crippen LogP contribution in [-0.2, 0) is 17.9 Å². The summed E-state index contributed by atoms with van der Waals surface area (Å²) in [5, 5.41) is 12.6. The predicted octanol–water partition coefficient (Wildman–Crippen LogP) is 2.01. The summed E-state index contributed by atoms with van der Waals surface area (Å²) in [7, 11) is 1.62. The summed E-state index contributed by atoms with van der Waals surface area (Å²) in [5.74, 6) is 1.63. The van der Waals surface area contributed by atoms with E-state index < -0.39 is 0 Å². The van der Waals surface area contributed by atoms with Crippen molar-refractivity contribution in [3.63, 3.8) is 0 Å². The Morgan fingerprint density at radius 1 is 1.26 bits per heavy atom. The molecule has 0 saturated heterocycles. The first kappa shape index (κ1) is 18.9. The molecule has 0 radical (unpaired) electrons. The second kappa shape index (κ2) is 8.70. The zero-order valence-corrected chi connectivity index (χ0v) is 15.6. The molecule has 0 unspecified atom stereocenters. The van der Waals surface area contributed by atoms with Crippen molar-refractivity contribution >= 4 is 22.8 Å². The van der Waals surface area contributed by atoms with Crippen molar-refractivity contribution in [1.29, 1.82) is 0 Å². The number of fused-ring (bicyclic) bond motifs is 1. The van der Waals surface area contributed by atoms with Gasteiger partial charge < -0.3 is 30.2 Å². The van der Waals surface area contributed by atoms with Crippen LogP contribution in [0.25, 0.3) is 11.0 Å². The number of benzene rings is 1. The number of ether oxygens (including phenoxy) is 2. The van der Waals surface area contributed by atoms with Crippen molar-refractivity contribution in [3.05, 3.63) is 41.6 Å². The Kier molecular flexibility index (Phi) is 6.10. The zero-order chi connectivity index (χ0) is 19.2. The molecule has 0 aliphatic carbocycles. The van der Waals surface area contributed by atoms with Crippen molar-refractivity contribution in [1.82, 2.24) is 14.5 Å². The van der Waals surface area contributed by atoms with Crippen LogP contribution < -0.4 is 15.8 Å². The number of nitrogen functional groups attached to an aromatic ring is 1. The third-order valence-corrected chi connectivity index (χ3v) is 4.25. The standard InChI is InChI=1S/C19H25N5O3/c1-3-27-9-7-21-18-17-15(22-19(20)23-18)6-8-24(17)11-14-5-4-13(12-25)10-16(14)26-2/h4-6,8,10,25H,3,7,9,11-12H2,1-2H3,(H3,20,21,22,23). The molecule has 1 aromatic carbocycles. The molecule has 0 saturated carbocycles. The van der Waals surface area contributed by atoms with Gasteiger partial charge in [-0.2, -0.15) is 4.98 Å². The third kappa shape index (κ3) is 4.29. The summed E-state index contributed by atoms with van der Waals surface area (Å²) in [5.41, 5.74) is 9.29. The van der Waals surface area contributed by atoms with E-state index in [1.54, 1.807) is 7.11 Å². The first-order valence-corrected chi connectivity index (χ1v) is 8.86. The number of anilines is 2. The molecular formula is C19H25N5O3.